The molecule has 0 saturated carbocycles. The zero-order valence-corrected chi connectivity index (χ0v) is 35.2. The molecule has 0 radical (unpaired) electrons. The van der Waals surface area contributed by atoms with E-state index in [1.54, 1.807) is 69.2 Å². The van der Waals surface area contributed by atoms with Gasteiger partial charge in [0.2, 0.25) is 5.82 Å². The highest BCUT2D eigenvalue weighted by Crippen LogP contribution is 2.64. The number of fused-ring (bicyclic) bond motifs is 2. The number of carbonyl (C=O) groups excluding carboxylic acids is 5. The van der Waals surface area contributed by atoms with Gasteiger partial charge in [-0.1, -0.05) is 41.5 Å². The molecule has 2 atom stereocenters. The van der Waals surface area contributed by atoms with Crippen molar-refractivity contribution in [2.75, 3.05) is 0 Å². The Morgan fingerprint density at radius 1 is 0.586 bits per heavy atom. The smallest absolute Gasteiger partial charge is 0.200 e. The van der Waals surface area contributed by atoms with Crippen LogP contribution in [-0.4, -0.2) is 28.9 Å². The lowest BCUT2D eigenvalue weighted by atomic mass is 9.58. The lowest BCUT2D eigenvalue weighted by Crippen LogP contribution is -2.52. The van der Waals surface area contributed by atoms with Crippen molar-refractivity contribution in [3.8, 4) is 17.2 Å². The second-order valence-corrected chi connectivity index (χ2v) is 19.0. The Morgan fingerprint density at radius 3 is 1.26 bits per heavy atom. The average molecular weight is 813 g/mol. The van der Waals surface area contributed by atoms with Crippen LogP contribution in [0, 0.1) is 68.5 Å². The second kappa shape index (κ2) is 13.4. The highest BCUT2D eigenvalue weighted by atomic mass is 19.2. The number of allylic oxidation sites excluding steroid dienone is 4. The summed E-state index contributed by atoms with van der Waals surface area (Å²) in [4.78, 5) is 72.0. The van der Waals surface area contributed by atoms with E-state index in [1.165, 1.54) is 27.7 Å². The van der Waals surface area contributed by atoms with Crippen LogP contribution in [-0.2, 0) is 25.8 Å². The molecule has 8 nitrogen and oxygen atoms in total. The molecule has 2 aromatic rings. The van der Waals surface area contributed by atoms with Gasteiger partial charge in [-0.25, -0.2) is 22.0 Å². The van der Waals surface area contributed by atoms with Crippen LogP contribution in [0.4, 0.5) is 22.0 Å². The zero-order valence-electron chi connectivity index (χ0n) is 35.2. The van der Waals surface area contributed by atoms with E-state index in [1.807, 2.05) is 0 Å². The van der Waals surface area contributed by atoms with E-state index in [0.717, 1.165) is 0 Å². The van der Waals surface area contributed by atoms with Crippen molar-refractivity contribution in [1.82, 2.24) is 0 Å². The molecular weight excluding hydrogens is 763 g/mol. The van der Waals surface area contributed by atoms with Gasteiger partial charge in [0.1, 0.15) is 40.9 Å². The third kappa shape index (κ3) is 5.60. The first-order valence-electron chi connectivity index (χ1n) is 19.5. The van der Waals surface area contributed by atoms with Gasteiger partial charge in [-0.2, -0.15) is 0 Å². The molecule has 2 heterocycles. The summed E-state index contributed by atoms with van der Waals surface area (Å²) in [6.07, 6.45) is 0. The second-order valence-electron chi connectivity index (χ2n) is 19.0. The summed E-state index contributed by atoms with van der Waals surface area (Å²) < 4.78 is 93.8. The van der Waals surface area contributed by atoms with Crippen molar-refractivity contribution in [3.05, 3.63) is 74.0 Å². The van der Waals surface area contributed by atoms with Gasteiger partial charge in [-0.3, -0.25) is 24.0 Å². The third-order valence-electron chi connectivity index (χ3n) is 12.4. The largest absolute Gasteiger partial charge is 0.488 e. The van der Waals surface area contributed by atoms with Gasteiger partial charge in [0.05, 0.1) is 27.2 Å². The molecule has 4 aliphatic rings. The van der Waals surface area contributed by atoms with Gasteiger partial charge in [0.15, 0.2) is 52.2 Å². The fourth-order valence-corrected chi connectivity index (χ4v) is 9.37. The Hall–Kier alpha value is -4.68. The first-order valence-corrected chi connectivity index (χ1v) is 19.5. The predicted octanol–water partition coefficient (Wildman–Crippen LogP) is 9.98. The maximum absolute atomic E-state index is 15.3. The monoisotopic (exact) mass is 812 g/mol. The third-order valence-corrected chi connectivity index (χ3v) is 12.4. The van der Waals surface area contributed by atoms with E-state index in [0.29, 0.717) is 0 Å². The minimum absolute atomic E-state index is 0.0299. The normalized spacial score (nSPS) is 22.8. The molecular formula is C45H49F5O8. The molecule has 2 aromatic carbocycles. The summed E-state index contributed by atoms with van der Waals surface area (Å²) in [6.45, 7) is 21.4. The van der Waals surface area contributed by atoms with E-state index in [9.17, 15) is 37.1 Å². The predicted molar refractivity (Wildman–Crippen MR) is 202 cm³/mol. The van der Waals surface area contributed by atoms with Crippen molar-refractivity contribution >= 4 is 28.9 Å². The Kier molecular flexibility index (Phi) is 9.93. The SMILES string of the molecule is CC(C)C(=O)c1c2c(c(OCc3c(F)c(F)c(F)c(F)c3F)c3c1OC1=C(C(=O)C(C)(C)C(=O)C1(C)C)[C@@H]3C(C)C)[C@H](C(C)C)C1=C(O2)C(C)(C)C(=O)C(C)(C)C1=O. The van der Waals surface area contributed by atoms with Gasteiger partial charge in [0.25, 0.3) is 0 Å². The van der Waals surface area contributed by atoms with Gasteiger partial charge in [-0.15, -0.1) is 0 Å². The number of ether oxygens (including phenoxy) is 3. The molecule has 0 fully saturated rings. The van der Waals surface area contributed by atoms with Crippen molar-refractivity contribution < 1.29 is 60.1 Å². The molecule has 2 aliphatic carbocycles. The minimum atomic E-state index is -2.36. The van der Waals surface area contributed by atoms with Crippen LogP contribution in [0.25, 0.3) is 0 Å². The zero-order chi connectivity index (χ0) is 43.8. The Balaban J connectivity index is 1.83. The number of Topliss-reactive ketones (excluding diaryl/α,β-unsaturated/α-hetero) is 5. The van der Waals surface area contributed by atoms with E-state index >= 15 is 8.78 Å². The van der Waals surface area contributed by atoms with Crippen molar-refractivity contribution in [2.45, 2.75) is 115 Å². The first-order chi connectivity index (χ1) is 26.5. The molecule has 58 heavy (non-hydrogen) atoms. The van der Waals surface area contributed by atoms with Gasteiger partial charge in [0, 0.05) is 40.0 Å². The number of ketones is 5. The number of hydrogen-bond donors (Lipinski definition) is 0. The van der Waals surface area contributed by atoms with Crippen molar-refractivity contribution in [3.63, 3.8) is 0 Å². The Bertz CT molecular complexity index is 2200. The summed E-state index contributed by atoms with van der Waals surface area (Å²) in [7, 11) is 0. The topological polar surface area (TPSA) is 113 Å². The van der Waals surface area contributed by atoms with Crippen molar-refractivity contribution in [2.24, 2.45) is 39.4 Å². The number of halogens is 5. The first kappa shape index (κ1) is 42.9. The molecule has 0 bridgehead atoms. The van der Waals surface area contributed by atoms with Crippen LogP contribution < -0.4 is 14.2 Å². The standard InChI is InChI=1S/C45H49F5O8/c1-16(2)20-22-33(56-15-19-27(46)29(48)31(50)30(49)28(19)47)23-21(17(3)4)25-37(53)43(9,10)41(55)45(13,14)39(25)58-35(23)26(32(51)18(5)6)34(22)57-38-24(20)36(52)42(7,8)40(54)44(38,11)12/h16-18,20-21H,15H2,1-14H3/t20-,21+. The van der Waals surface area contributed by atoms with E-state index in [4.69, 9.17) is 14.2 Å². The molecule has 0 amide bonds. The maximum Gasteiger partial charge on any atom is 0.200 e. The quantitative estimate of drug-likeness (QED) is 0.0893. The molecule has 0 N–H and O–H groups in total. The van der Waals surface area contributed by atoms with E-state index < -0.39 is 121 Å². The van der Waals surface area contributed by atoms with Gasteiger partial charge in [-0.05, 0) is 67.2 Å². The highest BCUT2D eigenvalue weighted by molar-refractivity contribution is 6.21. The maximum atomic E-state index is 15.3. The highest BCUT2D eigenvalue weighted by Gasteiger charge is 2.61. The average Bonchev–Trinajstić information content (AvgIpc) is 3.14. The molecule has 6 rings (SSSR count). The summed E-state index contributed by atoms with van der Waals surface area (Å²) >= 11 is 0. The number of carbonyl (C=O) groups is 5. The molecule has 2 aliphatic heterocycles. The van der Waals surface area contributed by atoms with Crippen molar-refractivity contribution in [1.29, 1.82) is 0 Å². The minimum Gasteiger partial charge on any atom is -0.488 e. The van der Waals surface area contributed by atoms with Crippen LogP contribution in [0.2, 0.25) is 0 Å². The molecule has 312 valence electrons. The molecule has 0 aromatic heterocycles. The Labute approximate surface area is 334 Å². The lowest BCUT2D eigenvalue weighted by Gasteiger charge is -2.48. The Morgan fingerprint density at radius 2 is 0.931 bits per heavy atom. The van der Waals surface area contributed by atoms with Gasteiger partial charge < -0.3 is 14.2 Å². The number of rotatable bonds is 7. The van der Waals surface area contributed by atoms with Crippen LogP contribution in [0.15, 0.2) is 22.7 Å². The fraction of sp³-hybridized carbons (Fsp3) is 0.533. The van der Waals surface area contributed by atoms with Crippen LogP contribution >= 0.6 is 0 Å². The summed E-state index contributed by atoms with van der Waals surface area (Å²) in [5.74, 6) is -18.3. The number of benzene rings is 2. The molecule has 0 spiro atoms. The van der Waals surface area contributed by atoms with E-state index in [-0.39, 0.29) is 56.6 Å². The van der Waals surface area contributed by atoms with E-state index in [2.05, 4.69) is 0 Å². The summed E-state index contributed by atoms with van der Waals surface area (Å²) in [6, 6.07) is 0. The lowest BCUT2D eigenvalue weighted by molar-refractivity contribution is -0.146. The molecule has 13 heteroatoms. The summed E-state index contributed by atoms with van der Waals surface area (Å²) in [5.41, 5.74) is -7.21. The molecule has 0 saturated heterocycles. The fourth-order valence-electron chi connectivity index (χ4n) is 9.37. The van der Waals surface area contributed by atoms with Crippen LogP contribution in [0.3, 0.4) is 0 Å². The summed E-state index contributed by atoms with van der Waals surface area (Å²) in [5, 5.41) is 0. The van der Waals surface area contributed by atoms with Crippen LogP contribution in [0.5, 0.6) is 17.2 Å². The van der Waals surface area contributed by atoms with Gasteiger partial charge >= 0.3 is 0 Å². The molecule has 0 unspecified atom stereocenters. The number of hydrogen-bond acceptors (Lipinski definition) is 8. The van der Waals surface area contributed by atoms with Crippen LogP contribution in [0.1, 0.15) is 136 Å².